The fourth-order valence-electron chi connectivity index (χ4n) is 3.73. The van der Waals surface area contributed by atoms with Crippen LogP contribution in [0.15, 0.2) is 53.4 Å². The van der Waals surface area contributed by atoms with Crippen molar-refractivity contribution in [2.45, 2.75) is 43.5 Å². The molecule has 1 aliphatic rings. The predicted molar refractivity (Wildman–Crippen MR) is 127 cm³/mol. The second-order valence-corrected chi connectivity index (χ2v) is 10.4. The van der Waals surface area contributed by atoms with Crippen molar-refractivity contribution in [2.24, 2.45) is 0 Å². The van der Waals surface area contributed by atoms with Crippen LogP contribution in [0.5, 0.6) is 0 Å². The maximum Gasteiger partial charge on any atom is 0.338 e. The van der Waals surface area contributed by atoms with Gasteiger partial charge in [0.2, 0.25) is 10.0 Å². The van der Waals surface area contributed by atoms with Crippen molar-refractivity contribution in [3.8, 4) is 0 Å². The van der Waals surface area contributed by atoms with E-state index in [1.165, 1.54) is 27.4 Å². The average molecular weight is 493 g/mol. The van der Waals surface area contributed by atoms with Crippen LogP contribution >= 0.6 is 11.6 Å². The van der Waals surface area contributed by atoms with Crippen molar-refractivity contribution in [1.29, 1.82) is 0 Å². The van der Waals surface area contributed by atoms with Crippen molar-refractivity contribution in [2.75, 3.05) is 26.7 Å². The molecule has 2 aromatic carbocycles. The van der Waals surface area contributed by atoms with Gasteiger partial charge in [0, 0.05) is 20.1 Å². The number of carbonyl (C=O) groups is 2. The van der Waals surface area contributed by atoms with Gasteiger partial charge in [-0.2, -0.15) is 4.31 Å². The molecule has 33 heavy (non-hydrogen) atoms. The fourth-order valence-corrected chi connectivity index (χ4v) is 5.75. The Morgan fingerprint density at radius 1 is 1.06 bits per heavy atom. The molecule has 0 saturated carbocycles. The van der Waals surface area contributed by atoms with Crippen molar-refractivity contribution < 1.29 is 22.7 Å². The van der Waals surface area contributed by atoms with E-state index in [2.05, 4.69) is 0 Å². The van der Waals surface area contributed by atoms with Crippen LogP contribution in [0.25, 0.3) is 0 Å². The van der Waals surface area contributed by atoms with E-state index in [0.717, 1.165) is 31.2 Å². The summed E-state index contributed by atoms with van der Waals surface area (Å²) in [6.07, 6.45) is 3.54. The Labute approximate surface area is 200 Å². The highest BCUT2D eigenvalue weighted by molar-refractivity contribution is 7.89. The van der Waals surface area contributed by atoms with Crippen LogP contribution in [0, 0.1) is 0 Å². The molecule has 1 amide bonds. The third-order valence-electron chi connectivity index (χ3n) is 5.93. The zero-order valence-electron chi connectivity index (χ0n) is 18.9. The number of amides is 1. The van der Waals surface area contributed by atoms with Crippen molar-refractivity contribution in [1.82, 2.24) is 9.21 Å². The number of carbonyl (C=O) groups excluding carboxylic acids is 2. The van der Waals surface area contributed by atoms with Crippen molar-refractivity contribution >= 4 is 33.5 Å². The van der Waals surface area contributed by atoms with Crippen LogP contribution < -0.4 is 0 Å². The molecule has 0 aliphatic carbocycles. The van der Waals surface area contributed by atoms with Gasteiger partial charge in [0.1, 0.15) is 4.90 Å². The summed E-state index contributed by atoms with van der Waals surface area (Å²) in [6.45, 7) is 2.28. The van der Waals surface area contributed by atoms with Gasteiger partial charge in [-0.15, -0.1) is 0 Å². The minimum atomic E-state index is -3.84. The van der Waals surface area contributed by atoms with Crippen LogP contribution in [0.2, 0.25) is 5.02 Å². The summed E-state index contributed by atoms with van der Waals surface area (Å²) in [5.41, 5.74) is 0.986. The van der Waals surface area contributed by atoms with Gasteiger partial charge in [-0.05, 0) is 43.5 Å². The SMILES string of the molecule is CC(c1ccccc1)N(C)C(=O)COC(=O)c1ccc(Cl)c(S(=O)(=O)N2CCCCCC2)c1. The van der Waals surface area contributed by atoms with E-state index < -0.39 is 22.6 Å². The number of hydrogen-bond acceptors (Lipinski definition) is 5. The Morgan fingerprint density at radius 3 is 2.33 bits per heavy atom. The third kappa shape index (κ3) is 6.13. The molecule has 1 unspecified atom stereocenters. The highest BCUT2D eigenvalue weighted by atomic mass is 35.5. The monoisotopic (exact) mass is 492 g/mol. The Bertz CT molecular complexity index is 1080. The lowest BCUT2D eigenvalue weighted by atomic mass is 10.1. The number of benzene rings is 2. The Hall–Kier alpha value is -2.42. The molecule has 1 fully saturated rings. The minimum absolute atomic E-state index is 0.0272. The summed E-state index contributed by atoms with van der Waals surface area (Å²) in [4.78, 5) is 26.5. The van der Waals surface area contributed by atoms with Gasteiger partial charge in [0.05, 0.1) is 16.6 Å². The number of esters is 1. The van der Waals surface area contributed by atoms with E-state index >= 15 is 0 Å². The second kappa shape index (κ2) is 11.1. The molecule has 1 aliphatic heterocycles. The first-order chi connectivity index (χ1) is 15.7. The smallest absolute Gasteiger partial charge is 0.338 e. The first kappa shape index (κ1) is 25.2. The normalized spacial score (nSPS) is 16.0. The zero-order chi connectivity index (χ0) is 24.0. The third-order valence-corrected chi connectivity index (χ3v) is 8.31. The quantitative estimate of drug-likeness (QED) is 0.538. The molecule has 2 aromatic rings. The fraction of sp³-hybridized carbons (Fsp3) is 0.417. The van der Waals surface area contributed by atoms with Crippen LogP contribution in [-0.4, -0.2) is 56.2 Å². The van der Waals surface area contributed by atoms with Crippen LogP contribution in [0.1, 0.15) is 54.6 Å². The van der Waals surface area contributed by atoms with Gasteiger partial charge in [0.15, 0.2) is 6.61 Å². The van der Waals surface area contributed by atoms with E-state index in [-0.39, 0.29) is 27.4 Å². The number of rotatable bonds is 7. The van der Waals surface area contributed by atoms with E-state index in [9.17, 15) is 18.0 Å². The second-order valence-electron chi connectivity index (χ2n) is 8.13. The molecule has 0 bridgehead atoms. The lowest BCUT2D eigenvalue weighted by Gasteiger charge is -2.25. The number of hydrogen-bond donors (Lipinski definition) is 0. The molecule has 0 radical (unpaired) electrons. The molecule has 1 saturated heterocycles. The average Bonchev–Trinajstić information content (AvgIpc) is 3.12. The van der Waals surface area contributed by atoms with Gasteiger partial charge in [-0.3, -0.25) is 4.79 Å². The summed E-state index contributed by atoms with van der Waals surface area (Å²) in [6, 6.07) is 13.3. The summed E-state index contributed by atoms with van der Waals surface area (Å²) < 4.78 is 32.9. The lowest BCUT2D eigenvalue weighted by Crippen LogP contribution is -2.33. The van der Waals surface area contributed by atoms with E-state index in [1.54, 1.807) is 7.05 Å². The van der Waals surface area contributed by atoms with Gasteiger partial charge < -0.3 is 9.64 Å². The van der Waals surface area contributed by atoms with E-state index in [4.69, 9.17) is 16.3 Å². The summed E-state index contributed by atoms with van der Waals surface area (Å²) in [7, 11) is -2.20. The van der Waals surface area contributed by atoms with Gasteiger partial charge in [-0.1, -0.05) is 54.8 Å². The predicted octanol–water partition coefficient (Wildman–Crippen LogP) is 4.28. The Morgan fingerprint density at radius 2 is 1.70 bits per heavy atom. The first-order valence-electron chi connectivity index (χ1n) is 11.0. The Balaban J connectivity index is 1.68. The van der Waals surface area contributed by atoms with Gasteiger partial charge >= 0.3 is 5.97 Å². The molecule has 178 valence electrons. The highest BCUT2D eigenvalue weighted by Crippen LogP contribution is 2.28. The molecule has 1 heterocycles. The topological polar surface area (TPSA) is 84.0 Å². The number of ether oxygens (including phenoxy) is 1. The minimum Gasteiger partial charge on any atom is -0.452 e. The molecule has 1 atom stereocenters. The molecular weight excluding hydrogens is 464 g/mol. The maximum absolute atomic E-state index is 13.1. The lowest BCUT2D eigenvalue weighted by molar-refractivity contribution is -0.135. The number of likely N-dealkylation sites (N-methyl/N-ethyl adjacent to an activating group) is 1. The Kier molecular flexibility index (Phi) is 8.51. The van der Waals surface area contributed by atoms with Gasteiger partial charge in [0.25, 0.3) is 5.91 Å². The molecule has 7 nitrogen and oxygen atoms in total. The van der Waals surface area contributed by atoms with Crippen LogP contribution in [-0.2, 0) is 19.6 Å². The molecule has 0 spiro atoms. The number of sulfonamides is 1. The largest absolute Gasteiger partial charge is 0.452 e. The van der Waals surface area contributed by atoms with E-state index in [0.29, 0.717) is 13.1 Å². The molecular formula is C24H29ClN2O5S. The maximum atomic E-state index is 13.1. The summed E-state index contributed by atoms with van der Waals surface area (Å²) in [5, 5.41) is 0.0447. The van der Waals surface area contributed by atoms with Crippen LogP contribution in [0.4, 0.5) is 0 Å². The van der Waals surface area contributed by atoms with Gasteiger partial charge in [-0.25, -0.2) is 13.2 Å². The summed E-state index contributed by atoms with van der Waals surface area (Å²) in [5.74, 6) is -1.15. The van der Waals surface area contributed by atoms with Crippen molar-refractivity contribution in [3.05, 3.63) is 64.7 Å². The molecule has 0 N–H and O–H groups in total. The van der Waals surface area contributed by atoms with Crippen molar-refractivity contribution in [3.63, 3.8) is 0 Å². The highest BCUT2D eigenvalue weighted by Gasteiger charge is 2.28. The summed E-state index contributed by atoms with van der Waals surface area (Å²) >= 11 is 6.19. The zero-order valence-corrected chi connectivity index (χ0v) is 20.4. The van der Waals surface area contributed by atoms with E-state index in [1.807, 2.05) is 37.3 Å². The van der Waals surface area contributed by atoms with Crippen LogP contribution in [0.3, 0.4) is 0 Å². The number of halogens is 1. The molecule has 0 aromatic heterocycles. The molecule has 9 heteroatoms. The number of nitrogens with zero attached hydrogens (tertiary/aromatic N) is 2. The first-order valence-corrected chi connectivity index (χ1v) is 12.8. The standard InChI is InChI=1S/C24H29ClN2O5S/c1-18(19-10-6-5-7-11-19)26(2)23(28)17-32-24(29)20-12-13-21(25)22(16-20)33(30,31)27-14-8-3-4-9-15-27/h5-7,10-13,16,18H,3-4,8-9,14-15,17H2,1-2H3. The molecule has 3 rings (SSSR count).